The molecule has 0 spiro atoms. The van der Waals surface area contributed by atoms with E-state index in [2.05, 4.69) is 5.32 Å². The Bertz CT molecular complexity index is 449. The molecule has 6 heteroatoms. The van der Waals surface area contributed by atoms with Gasteiger partial charge in [-0.2, -0.15) is 0 Å². The predicted octanol–water partition coefficient (Wildman–Crippen LogP) is 1.29. The number of carbonyl (C=O) groups is 2. The summed E-state index contributed by atoms with van der Waals surface area (Å²) in [5, 5.41) is 2.78. The van der Waals surface area contributed by atoms with E-state index in [0.717, 1.165) is 6.07 Å². The average Bonchev–Trinajstić information content (AvgIpc) is 2.28. The lowest BCUT2D eigenvalue weighted by Crippen LogP contribution is -2.18. The molecule has 0 unspecified atom stereocenters. The van der Waals surface area contributed by atoms with Crippen LogP contribution in [0.15, 0.2) is 18.2 Å². The molecule has 0 aromatic heterocycles. The second-order valence-corrected chi connectivity index (χ2v) is 3.51. The Hall–Kier alpha value is -2.11. The van der Waals surface area contributed by atoms with Crippen molar-refractivity contribution in [2.45, 2.75) is 13.3 Å². The average molecular weight is 254 g/mol. The normalized spacial score (nSPS) is 9.89. The van der Waals surface area contributed by atoms with Gasteiger partial charge >= 0.3 is 5.97 Å². The van der Waals surface area contributed by atoms with Gasteiger partial charge in [0, 0.05) is 12.2 Å². The molecule has 0 bridgehead atoms. The Morgan fingerprint density at radius 1 is 1.44 bits per heavy atom. The zero-order valence-corrected chi connectivity index (χ0v) is 10.0. The lowest BCUT2D eigenvalue weighted by molar-refractivity contribution is -0.142. The van der Waals surface area contributed by atoms with E-state index >= 15 is 0 Å². The fourth-order valence-corrected chi connectivity index (χ4v) is 1.45. The van der Waals surface area contributed by atoms with Gasteiger partial charge < -0.3 is 15.8 Å². The summed E-state index contributed by atoms with van der Waals surface area (Å²) in [7, 11) is 0. The fraction of sp³-hybridized carbons (Fsp3) is 0.333. The third kappa shape index (κ3) is 3.73. The Balaban J connectivity index is 2.65. The standard InChI is InChI=1S/C12H15FN2O3/c1-2-18-10(16)6-7-15-9-5-3-4-8(13)11(9)12(14)17/h3-5,15H,2,6-7H2,1H3,(H2,14,17). The second kappa shape index (κ2) is 6.58. The minimum absolute atomic E-state index is 0.128. The van der Waals surface area contributed by atoms with Crippen molar-refractivity contribution < 1.29 is 18.7 Å². The Kier molecular flexibility index (Phi) is 5.10. The lowest BCUT2D eigenvalue weighted by atomic mass is 10.1. The third-order valence-corrected chi connectivity index (χ3v) is 2.21. The molecule has 1 aromatic carbocycles. The first kappa shape index (κ1) is 14.0. The molecule has 0 radical (unpaired) electrons. The summed E-state index contributed by atoms with van der Waals surface area (Å²) in [6.07, 6.45) is 0.128. The van der Waals surface area contributed by atoms with E-state index in [4.69, 9.17) is 10.5 Å². The van der Waals surface area contributed by atoms with Crippen molar-refractivity contribution >= 4 is 17.6 Å². The zero-order chi connectivity index (χ0) is 13.5. The number of amides is 1. The second-order valence-electron chi connectivity index (χ2n) is 3.51. The molecule has 0 saturated carbocycles. The van der Waals surface area contributed by atoms with Gasteiger partial charge in [-0.25, -0.2) is 4.39 Å². The maximum Gasteiger partial charge on any atom is 0.307 e. The van der Waals surface area contributed by atoms with E-state index in [1.165, 1.54) is 12.1 Å². The fourth-order valence-electron chi connectivity index (χ4n) is 1.45. The quantitative estimate of drug-likeness (QED) is 0.749. The number of benzene rings is 1. The van der Waals surface area contributed by atoms with Crippen LogP contribution in [0.3, 0.4) is 0 Å². The molecule has 1 rings (SSSR count). The molecule has 0 aliphatic carbocycles. The number of nitrogens with two attached hydrogens (primary N) is 1. The largest absolute Gasteiger partial charge is 0.466 e. The number of anilines is 1. The molecule has 0 heterocycles. The monoisotopic (exact) mass is 254 g/mol. The molecule has 0 atom stereocenters. The van der Waals surface area contributed by atoms with Gasteiger partial charge in [-0.05, 0) is 19.1 Å². The van der Waals surface area contributed by atoms with Crippen LogP contribution in [0.5, 0.6) is 0 Å². The number of halogens is 1. The molecule has 1 aromatic rings. The molecule has 3 N–H and O–H groups in total. The summed E-state index contributed by atoms with van der Waals surface area (Å²) in [4.78, 5) is 22.2. The highest BCUT2D eigenvalue weighted by molar-refractivity contribution is 5.98. The molecule has 0 fully saturated rings. The van der Waals surface area contributed by atoms with Crippen molar-refractivity contribution in [1.82, 2.24) is 0 Å². The van der Waals surface area contributed by atoms with Crippen molar-refractivity contribution in [2.75, 3.05) is 18.5 Å². The van der Waals surface area contributed by atoms with Gasteiger partial charge in [0.25, 0.3) is 5.91 Å². The summed E-state index contributed by atoms with van der Waals surface area (Å²) in [6.45, 7) is 2.26. The molecular formula is C12H15FN2O3. The molecular weight excluding hydrogens is 239 g/mol. The van der Waals surface area contributed by atoms with Crippen molar-refractivity contribution in [3.63, 3.8) is 0 Å². The van der Waals surface area contributed by atoms with Gasteiger partial charge in [0.15, 0.2) is 0 Å². The van der Waals surface area contributed by atoms with E-state index in [1.807, 2.05) is 0 Å². The Morgan fingerprint density at radius 2 is 2.17 bits per heavy atom. The number of ether oxygens (including phenoxy) is 1. The highest BCUT2D eigenvalue weighted by Crippen LogP contribution is 2.18. The van der Waals surface area contributed by atoms with Gasteiger partial charge in [0.05, 0.1) is 18.6 Å². The molecule has 98 valence electrons. The number of nitrogens with one attached hydrogen (secondary N) is 1. The van der Waals surface area contributed by atoms with Crippen LogP contribution < -0.4 is 11.1 Å². The maximum absolute atomic E-state index is 13.4. The molecule has 5 nitrogen and oxygen atoms in total. The van der Waals surface area contributed by atoms with Crippen LogP contribution >= 0.6 is 0 Å². The number of rotatable bonds is 6. The van der Waals surface area contributed by atoms with E-state index in [1.54, 1.807) is 6.92 Å². The van der Waals surface area contributed by atoms with Crippen LogP contribution in [-0.4, -0.2) is 25.0 Å². The van der Waals surface area contributed by atoms with E-state index < -0.39 is 11.7 Å². The predicted molar refractivity (Wildman–Crippen MR) is 64.7 cm³/mol. The number of primary amides is 1. The van der Waals surface area contributed by atoms with Gasteiger partial charge in [-0.15, -0.1) is 0 Å². The first-order chi connectivity index (χ1) is 8.56. The zero-order valence-electron chi connectivity index (χ0n) is 10.0. The highest BCUT2D eigenvalue weighted by atomic mass is 19.1. The summed E-state index contributed by atoms with van der Waals surface area (Å²) < 4.78 is 18.1. The number of hydrogen-bond donors (Lipinski definition) is 2. The van der Waals surface area contributed by atoms with Gasteiger partial charge in [0.2, 0.25) is 0 Å². The SMILES string of the molecule is CCOC(=O)CCNc1cccc(F)c1C(N)=O. The van der Waals surface area contributed by atoms with Gasteiger partial charge in [0.1, 0.15) is 5.82 Å². The van der Waals surface area contributed by atoms with Gasteiger partial charge in [-0.3, -0.25) is 9.59 Å². The topological polar surface area (TPSA) is 81.4 Å². The number of esters is 1. The summed E-state index contributed by atoms with van der Waals surface area (Å²) >= 11 is 0. The number of hydrogen-bond acceptors (Lipinski definition) is 4. The molecule has 0 saturated heterocycles. The smallest absolute Gasteiger partial charge is 0.307 e. The van der Waals surface area contributed by atoms with E-state index in [-0.39, 0.29) is 30.2 Å². The van der Waals surface area contributed by atoms with E-state index in [9.17, 15) is 14.0 Å². The van der Waals surface area contributed by atoms with Crippen LogP contribution in [0.1, 0.15) is 23.7 Å². The minimum atomic E-state index is -0.855. The summed E-state index contributed by atoms with van der Waals surface area (Å²) in [5.74, 6) is -1.91. The highest BCUT2D eigenvalue weighted by Gasteiger charge is 2.13. The van der Waals surface area contributed by atoms with E-state index in [0.29, 0.717) is 6.61 Å². The number of carbonyl (C=O) groups excluding carboxylic acids is 2. The molecule has 0 aliphatic heterocycles. The third-order valence-electron chi connectivity index (χ3n) is 2.21. The summed E-state index contributed by atoms with van der Waals surface area (Å²) in [5.41, 5.74) is 5.15. The van der Waals surface area contributed by atoms with Crippen LogP contribution in [0.4, 0.5) is 10.1 Å². The maximum atomic E-state index is 13.4. The van der Waals surface area contributed by atoms with Crippen molar-refractivity contribution in [3.8, 4) is 0 Å². The Labute approximate surface area is 104 Å². The van der Waals surface area contributed by atoms with Gasteiger partial charge in [-0.1, -0.05) is 6.07 Å². The van der Waals surface area contributed by atoms with Crippen LogP contribution in [-0.2, 0) is 9.53 Å². The lowest BCUT2D eigenvalue weighted by Gasteiger charge is -2.10. The first-order valence-electron chi connectivity index (χ1n) is 5.54. The van der Waals surface area contributed by atoms with Crippen molar-refractivity contribution in [2.24, 2.45) is 5.73 Å². The van der Waals surface area contributed by atoms with Crippen molar-refractivity contribution in [1.29, 1.82) is 0 Å². The minimum Gasteiger partial charge on any atom is -0.466 e. The van der Waals surface area contributed by atoms with Crippen molar-refractivity contribution in [3.05, 3.63) is 29.6 Å². The first-order valence-corrected chi connectivity index (χ1v) is 5.54. The Morgan fingerprint density at radius 3 is 2.78 bits per heavy atom. The van der Waals surface area contributed by atoms with Crippen LogP contribution in [0.25, 0.3) is 0 Å². The molecule has 18 heavy (non-hydrogen) atoms. The van der Waals surface area contributed by atoms with Crippen LogP contribution in [0, 0.1) is 5.82 Å². The van der Waals surface area contributed by atoms with Crippen LogP contribution in [0.2, 0.25) is 0 Å². The molecule has 0 aliphatic rings. The molecule has 1 amide bonds. The summed E-state index contributed by atoms with van der Waals surface area (Å²) in [6, 6.07) is 4.12.